The van der Waals surface area contributed by atoms with Crippen LogP contribution in [-0.2, 0) is 16.1 Å². The van der Waals surface area contributed by atoms with E-state index in [0.717, 1.165) is 57.5 Å². The summed E-state index contributed by atoms with van der Waals surface area (Å²) in [5.41, 5.74) is 1.34. The molecular formula is C20H30N4O2. The molecule has 142 valence electrons. The number of carbonyl (C=O) groups excluding carboxylic acids is 2. The highest BCUT2D eigenvalue weighted by Gasteiger charge is 2.41. The smallest absolute Gasteiger partial charge is 0.236 e. The molecule has 6 nitrogen and oxygen atoms in total. The largest absolute Gasteiger partial charge is 0.342 e. The molecule has 1 spiro atoms. The topological polar surface area (TPSA) is 56.8 Å². The van der Waals surface area contributed by atoms with Gasteiger partial charge in [0.05, 0.1) is 6.54 Å². The van der Waals surface area contributed by atoms with E-state index in [9.17, 15) is 9.59 Å². The summed E-state index contributed by atoms with van der Waals surface area (Å²) in [5, 5.41) is 0. The van der Waals surface area contributed by atoms with Crippen LogP contribution >= 0.6 is 0 Å². The summed E-state index contributed by atoms with van der Waals surface area (Å²) in [6.07, 6.45) is 7.26. The Labute approximate surface area is 156 Å². The molecule has 0 atom stereocenters. The van der Waals surface area contributed by atoms with Crippen LogP contribution in [0.15, 0.2) is 24.5 Å². The summed E-state index contributed by atoms with van der Waals surface area (Å²) >= 11 is 0. The number of aromatic nitrogens is 1. The van der Waals surface area contributed by atoms with E-state index in [0.29, 0.717) is 13.0 Å². The molecule has 1 aromatic rings. The maximum atomic E-state index is 12.6. The molecule has 0 unspecified atom stereocenters. The second-order valence-corrected chi connectivity index (χ2v) is 7.82. The molecular weight excluding hydrogens is 328 g/mol. The highest BCUT2D eigenvalue weighted by atomic mass is 16.2. The van der Waals surface area contributed by atoms with Crippen LogP contribution in [0, 0.1) is 5.41 Å². The van der Waals surface area contributed by atoms with Gasteiger partial charge < -0.3 is 9.80 Å². The van der Waals surface area contributed by atoms with E-state index in [2.05, 4.69) is 4.98 Å². The molecule has 0 saturated carbocycles. The molecule has 26 heavy (non-hydrogen) atoms. The van der Waals surface area contributed by atoms with Crippen molar-refractivity contribution < 1.29 is 9.59 Å². The summed E-state index contributed by atoms with van der Waals surface area (Å²) in [5.74, 6) is 0.485. The zero-order chi connectivity index (χ0) is 18.6. The molecule has 2 aliphatic rings. The molecule has 2 saturated heterocycles. The van der Waals surface area contributed by atoms with E-state index in [1.807, 2.05) is 47.0 Å². The quantitative estimate of drug-likeness (QED) is 0.805. The molecule has 2 aliphatic heterocycles. The second kappa shape index (κ2) is 8.16. The fourth-order valence-corrected chi connectivity index (χ4v) is 4.22. The Balaban J connectivity index is 1.48. The molecule has 1 aromatic heterocycles. The standard InChI is InChI=1S/C20H30N4O2/c1-3-23-16-20(7-6-18(23)25)8-11-24(12-9-20)19(26)15-22(2)14-17-5-4-10-21-13-17/h4-5,10,13H,3,6-9,11-12,14-16H2,1-2H3. The first kappa shape index (κ1) is 18.8. The van der Waals surface area contributed by atoms with Crippen molar-refractivity contribution in [3.63, 3.8) is 0 Å². The molecule has 3 heterocycles. The Kier molecular flexibility index (Phi) is 5.91. The summed E-state index contributed by atoms with van der Waals surface area (Å²) in [6.45, 7) is 6.49. The van der Waals surface area contributed by atoms with E-state index in [1.165, 1.54) is 0 Å². The first-order valence-electron chi connectivity index (χ1n) is 9.64. The van der Waals surface area contributed by atoms with Gasteiger partial charge in [-0.3, -0.25) is 19.5 Å². The molecule has 0 aromatic carbocycles. The highest BCUT2D eigenvalue weighted by molar-refractivity contribution is 5.78. The fourth-order valence-electron chi connectivity index (χ4n) is 4.22. The fraction of sp³-hybridized carbons (Fsp3) is 0.650. The van der Waals surface area contributed by atoms with Crippen molar-refractivity contribution in [2.24, 2.45) is 5.41 Å². The third-order valence-electron chi connectivity index (χ3n) is 5.89. The van der Waals surface area contributed by atoms with Crippen LogP contribution in [0.1, 0.15) is 38.2 Å². The van der Waals surface area contributed by atoms with Gasteiger partial charge in [-0.2, -0.15) is 0 Å². The van der Waals surface area contributed by atoms with Gasteiger partial charge in [0.15, 0.2) is 0 Å². The third kappa shape index (κ3) is 4.41. The Morgan fingerprint density at radius 1 is 1.31 bits per heavy atom. The van der Waals surface area contributed by atoms with E-state index >= 15 is 0 Å². The number of likely N-dealkylation sites (N-methyl/N-ethyl adjacent to an activating group) is 1. The Morgan fingerprint density at radius 2 is 2.08 bits per heavy atom. The lowest BCUT2D eigenvalue weighted by Gasteiger charge is -2.47. The Morgan fingerprint density at radius 3 is 2.73 bits per heavy atom. The first-order chi connectivity index (χ1) is 12.5. The minimum Gasteiger partial charge on any atom is -0.342 e. The maximum absolute atomic E-state index is 12.6. The lowest BCUT2D eigenvalue weighted by atomic mass is 9.72. The summed E-state index contributed by atoms with van der Waals surface area (Å²) in [6, 6.07) is 3.95. The van der Waals surface area contributed by atoms with Gasteiger partial charge >= 0.3 is 0 Å². The summed E-state index contributed by atoms with van der Waals surface area (Å²) < 4.78 is 0. The van der Waals surface area contributed by atoms with Crippen molar-refractivity contribution in [3.8, 4) is 0 Å². The lowest BCUT2D eigenvalue weighted by Crippen LogP contribution is -2.53. The molecule has 0 N–H and O–H groups in total. The predicted octanol–water partition coefficient (Wildman–Crippen LogP) is 1.76. The van der Waals surface area contributed by atoms with Crippen LogP contribution in [0.3, 0.4) is 0 Å². The normalized spacial score (nSPS) is 20.0. The molecule has 0 bridgehead atoms. The number of nitrogens with zero attached hydrogens (tertiary/aromatic N) is 4. The molecule has 2 amide bonds. The van der Waals surface area contributed by atoms with Crippen molar-refractivity contribution in [2.45, 2.75) is 39.2 Å². The van der Waals surface area contributed by atoms with Crippen molar-refractivity contribution in [1.82, 2.24) is 19.7 Å². The Hall–Kier alpha value is -1.95. The predicted molar refractivity (Wildman–Crippen MR) is 100 cm³/mol. The molecule has 0 aliphatic carbocycles. The van der Waals surface area contributed by atoms with Gasteiger partial charge in [0.2, 0.25) is 11.8 Å². The summed E-state index contributed by atoms with van der Waals surface area (Å²) in [4.78, 5) is 34.7. The number of piperidine rings is 2. The van der Waals surface area contributed by atoms with Gasteiger partial charge in [0, 0.05) is 51.5 Å². The lowest BCUT2D eigenvalue weighted by molar-refractivity contribution is -0.142. The minimum atomic E-state index is 0.200. The number of carbonyl (C=O) groups is 2. The van der Waals surface area contributed by atoms with Gasteiger partial charge in [-0.15, -0.1) is 0 Å². The van der Waals surface area contributed by atoms with Crippen LogP contribution < -0.4 is 0 Å². The summed E-state index contributed by atoms with van der Waals surface area (Å²) in [7, 11) is 1.97. The second-order valence-electron chi connectivity index (χ2n) is 7.82. The van der Waals surface area contributed by atoms with Crippen LogP contribution in [0.4, 0.5) is 0 Å². The van der Waals surface area contributed by atoms with E-state index in [1.54, 1.807) is 6.20 Å². The van der Waals surface area contributed by atoms with Crippen LogP contribution in [0.25, 0.3) is 0 Å². The van der Waals surface area contributed by atoms with Gasteiger partial charge in [0.1, 0.15) is 0 Å². The molecule has 3 rings (SSSR count). The van der Waals surface area contributed by atoms with E-state index in [-0.39, 0.29) is 17.2 Å². The van der Waals surface area contributed by atoms with Crippen LogP contribution in [-0.4, -0.2) is 71.3 Å². The van der Waals surface area contributed by atoms with Crippen molar-refractivity contribution in [3.05, 3.63) is 30.1 Å². The molecule has 6 heteroatoms. The van der Waals surface area contributed by atoms with Crippen LogP contribution in [0.2, 0.25) is 0 Å². The minimum absolute atomic E-state index is 0.200. The van der Waals surface area contributed by atoms with E-state index in [4.69, 9.17) is 0 Å². The highest BCUT2D eigenvalue weighted by Crippen LogP contribution is 2.40. The average molecular weight is 358 g/mol. The number of pyridine rings is 1. The SMILES string of the molecule is CCN1CC2(CCC1=O)CCN(C(=O)CN(C)Cc1cccnc1)CC2. The van der Waals surface area contributed by atoms with Crippen molar-refractivity contribution in [1.29, 1.82) is 0 Å². The van der Waals surface area contributed by atoms with Crippen molar-refractivity contribution in [2.75, 3.05) is 39.8 Å². The van der Waals surface area contributed by atoms with Gasteiger partial charge in [-0.25, -0.2) is 0 Å². The number of rotatable bonds is 5. The monoisotopic (exact) mass is 358 g/mol. The number of hydrogen-bond donors (Lipinski definition) is 0. The maximum Gasteiger partial charge on any atom is 0.236 e. The number of likely N-dealkylation sites (tertiary alicyclic amines) is 2. The molecule has 2 fully saturated rings. The molecule has 0 radical (unpaired) electrons. The first-order valence-corrected chi connectivity index (χ1v) is 9.64. The Bertz CT molecular complexity index is 626. The van der Waals surface area contributed by atoms with Crippen molar-refractivity contribution >= 4 is 11.8 Å². The average Bonchev–Trinajstić information content (AvgIpc) is 2.65. The van der Waals surface area contributed by atoms with Gasteiger partial charge in [0.25, 0.3) is 0 Å². The van der Waals surface area contributed by atoms with E-state index < -0.39 is 0 Å². The number of amides is 2. The van der Waals surface area contributed by atoms with Gasteiger partial charge in [-0.1, -0.05) is 6.07 Å². The zero-order valence-electron chi connectivity index (χ0n) is 16.0. The van der Waals surface area contributed by atoms with Crippen LogP contribution in [0.5, 0.6) is 0 Å². The van der Waals surface area contributed by atoms with Gasteiger partial charge in [-0.05, 0) is 50.3 Å². The number of hydrogen-bond acceptors (Lipinski definition) is 4. The zero-order valence-corrected chi connectivity index (χ0v) is 16.0. The third-order valence-corrected chi connectivity index (χ3v) is 5.89.